The number of carbonyl (C=O) groups is 2. The molecule has 126 valence electrons. The molecule has 0 radical (unpaired) electrons. The fourth-order valence-electron chi connectivity index (χ4n) is 2.39. The van der Waals surface area contributed by atoms with Crippen molar-refractivity contribution < 1.29 is 27.5 Å². The fourth-order valence-corrected chi connectivity index (χ4v) is 2.39. The molecular weight excluding hydrogens is 313 g/mol. The molecule has 0 spiro atoms. The van der Waals surface area contributed by atoms with Gasteiger partial charge in [-0.3, -0.25) is 4.79 Å². The minimum Gasteiger partial charge on any atom is -0.450 e. The molecule has 1 aliphatic rings. The van der Waals surface area contributed by atoms with Crippen LogP contribution in [0.5, 0.6) is 0 Å². The van der Waals surface area contributed by atoms with Gasteiger partial charge in [0.05, 0.1) is 12.2 Å². The summed E-state index contributed by atoms with van der Waals surface area (Å²) in [5, 5.41) is 2.57. The van der Waals surface area contributed by atoms with Gasteiger partial charge in [-0.15, -0.1) is 0 Å². The minimum atomic E-state index is -1.67. The Morgan fingerprint density at radius 2 is 1.87 bits per heavy atom. The van der Waals surface area contributed by atoms with Crippen LogP contribution in [0.1, 0.15) is 30.1 Å². The van der Waals surface area contributed by atoms with E-state index < -0.39 is 35.0 Å². The first-order valence-corrected chi connectivity index (χ1v) is 7.30. The highest BCUT2D eigenvalue weighted by atomic mass is 19.2. The van der Waals surface area contributed by atoms with Crippen LogP contribution in [0.4, 0.5) is 18.0 Å². The number of nitrogens with zero attached hydrogens (tertiary/aromatic N) is 1. The monoisotopic (exact) mass is 330 g/mol. The van der Waals surface area contributed by atoms with Gasteiger partial charge >= 0.3 is 6.09 Å². The molecule has 1 fully saturated rings. The second-order valence-electron chi connectivity index (χ2n) is 5.16. The zero-order valence-electron chi connectivity index (χ0n) is 12.6. The molecule has 8 heteroatoms. The topological polar surface area (TPSA) is 58.6 Å². The first-order valence-electron chi connectivity index (χ1n) is 7.30. The van der Waals surface area contributed by atoms with Crippen LogP contribution >= 0.6 is 0 Å². The first-order chi connectivity index (χ1) is 10.9. The number of ether oxygens (including phenoxy) is 1. The molecule has 1 heterocycles. The number of piperidine rings is 1. The SMILES string of the molecule is CCOC(=O)N1CCC(NC(=O)c2ccc(F)c(F)c2F)CC1. The second-order valence-corrected chi connectivity index (χ2v) is 5.16. The summed E-state index contributed by atoms with van der Waals surface area (Å²) in [5.74, 6) is -5.33. The Bertz CT molecular complexity index is 602. The third-order valence-corrected chi connectivity index (χ3v) is 3.64. The molecule has 5 nitrogen and oxygen atoms in total. The average Bonchev–Trinajstić information content (AvgIpc) is 2.53. The molecule has 0 unspecified atom stereocenters. The molecule has 0 bridgehead atoms. The van der Waals surface area contributed by atoms with Crippen LogP contribution in [0.3, 0.4) is 0 Å². The maximum absolute atomic E-state index is 13.6. The van der Waals surface area contributed by atoms with Gasteiger partial charge in [0.25, 0.3) is 5.91 Å². The summed E-state index contributed by atoms with van der Waals surface area (Å²) in [4.78, 5) is 25.0. The van der Waals surface area contributed by atoms with Gasteiger partial charge in [0.15, 0.2) is 17.5 Å². The zero-order valence-corrected chi connectivity index (χ0v) is 12.6. The molecule has 1 N–H and O–H groups in total. The number of amides is 2. The number of likely N-dealkylation sites (tertiary alicyclic amines) is 1. The number of halogens is 3. The van der Waals surface area contributed by atoms with Gasteiger partial charge < -0.3 is 15.0 Å². The first kappa shape index (κ1) is 17.1. The quantitative estimate of drug-likeness (QED) is 0.866. The van der Waals surface area contributed by atoms with Gasteiger partial charge in [0.2, 0.25) is 0 Å². The van der Waals surface area contributed by atoms with E-state index in [1.54, 1.807) is 6.92 Å². The van der Waals surface area contributed by atoms with E-state index in [1.165, 1.54) is 4.90 Å². The summed E-state index contributed by atoms with van der Waals surface area (Å²) < 4.78 is 44.5. The zero-order chi connectivity index (χ0) is 17.0. The number of benzene rings is 1. The highest BCUT2D eigenvalue weighted by molar-refractivity contribution is 5.94. The molecule has 0 atom stereocenters. The molecule has 2 amide bonds. The predicted octanol–water partition coefficient (Wildman–Crippen LogP) is 2.45. The third kappa shape index (κ3) is 3.94. The van der Waals surface area contributed by atoms with E-state index in [1.807, 2.05) is 0 Å². The summed E-state index contributed by atoms with van der Waals surface area (Å²) in [6.45, 7) is 2.78. The molecular formula is C15H17F3N2O3. The lowest BCUT2D eigenvalue weighted by atomic mass is 10.0. The Balaban J connectivity index is 1.93. The fraction of sp³-hybridized carbons (Fsp3) is 0.467. The number of nitrogens with one attached hydrogen (secondary N) is 1. The van der Waals surface area contributed by atoms with Crippen LogP contribution in [0.2, 0.25) is 0 Å². The third-order valence-electron chi connectivity index (χ3n) is 3.64. The Kier molecular flexibility index (Phi) is 5.46. The van der Waals surface area contributed by atoms with E-state index in [-0.39, 0.29) is 12.6 Å². The summed E-state index contributed by atoms with van der Waals surface area (Å²) >= 11 is 0. The van der Waals surface area contributed by atoms with E-state index >= 15 is 0 Å². The molecule has 23 heavy (non-hydrogen) atoms. The van der Waals surface area contributed by atoms with Crippen LogP contribution in [0.25, 0.3) is 0 Å². The lowest BCUT2D eigenvalue weighted by molar-refractivity contribution is 0.0856. The highest BCUT2D eigenvalue weighted by Crippen LogP contribution is 2.17. The van der Waals surface area contributed by atoms with Crippen molar-refractivity contribution in [2.24, 2.45) is 0 Å². The normalized spacial score (nSPS) is 15.4. The number of carbonyl (C=O) groups excluding carboxylic acids is 2. The lowest BCUT2D eigenvalue weighted by Crippen LogP contribution is -2.46. The van der Waals surface area contributed by atoms with Gasteiger partial charge in [-0.1, -0.05) is 0 Å². The van der Waals surface area contributed by atoms with E-state index in [0.29, 0.717) is 32.0 Å². The van der Waals surface area contributed by atoms with Crippen molar-refractivity contribution >= 4 is 12.0 Å². The predicted molar refractivity (Wildman–Crippen MR) is 75.4 cm³/mol. The molecule has 0 aliphatic carbocycles. The number of hydrogen-bond donors (Lipinski definition) is 1. The second kappa shape index (κ2) is 7.34. The Hall–Kier alpha value is -2.25. The van der Waals surface area contributed by atoms with E-state index in [2.05, 4.69) is 5.32 Å². The van der Waals surface area contributed by atoms with Crippen molar-refractivity contribution in [1.82, 2.24) is 10.2 Å². The maximum atomic E-state index is 13.6. The van der Waals surface area contributed by atoms with Crippen molar-refractivity contribution in [3.8, 4) is 0 Å². The molecule has 0 saturated carbocycles. The number of hydrogen-bond acceptors (Lipinski definition) is 3. The Labute approximate surface area is 131 Å². The molecule has 1 aromatic rings. The highest BCUT2D eigenvalue weighted by Gasteiger charge is 2.26. The molecule has 2 rings (SSSR count). The van der Waals surface area contributed by atoms with Crippen molar-refractivity contribution in [3.63, 3.8) is 0 Å². The number of rotatable bonds is 3. The largest absolute Gasteiger partial charge is 0.450 e. The van der Waals surface area contributed by atoms with Crippen LogP contribution in [0, 0.1) is 17.5 Å². The van der Waals surface area contributed by atoms with Crippen LogP contribution < -0.4 is 5.32 Å². The van der Waals surface area contributed by atoms with E-state index in [0.717, 1.165) is 6.07 Å². The summed E-state index contributed by atoms with van der Waals surface area (Å²) in [6, 6.07) is 1.33. The smallest absolute Gasteiger partial charge is 0.409 e. The van der Waals surface area contributed by atoms with Crippen molar-refractivity contribution in [2.45, 2.75) is 25.8 Å². The van der Waals surface area contributed by atoms with Gasteiger partial charge in [-0.2, -0.15) is 0 Å². The van der Waals surface area contributed by atoms with Gasteiger partial charge in [-0.05, 0) is 31.9 Å². The Morgan fingerprint density at radius 3 is 2.48 bits per heavy atom. The van der Waals surface area contributed by atoms with Gasteiger partial charge in [0.1, 0.15) is 0 Å². The Morgan fingerprint density at radius 1 is 1.22 bits per heavy atom. The van der Waals surface area contributed by atoms with Gasteiger partial charge in [0, 0.05) is 19.1 Å². The van der Waals surface area contributed by atoms with E-state index in [9.17, 15) is 22.8 Å². The van der Waals surface area contributed by atoms with Gasteiger partial charge in [-0.25, -0.2) is 18.0 Å². The van der Waals surface area contributed by atoms with Crippen molar-refractivity contribution in [2.75, 3.05) is 19.7 Å². The van der Waals surface area contributed by atoms with Crippen LogP contribution in [-0.4, -0.2) is 42.6 Å². The maximum Gasteiger partial charge on any atom is 0.409 e. The molecule has 0 aromatic heterocycles. The molecule has 1 saturated heterocycles. The lowest BCUT2D eigenvalue weighted by Gasteiger charge is -2.31. The van der Waals surface area contributed by atoms with E-state index in [4.69, 9.17) is 4.74 Å². The molecule has 1 aliphatic heterocycles. The minimum absolute atomic E-state index is 0.277. The summed E-state index contributed by atoms with van der Waals surface area (Å²) in [6.07, 6.45) is 0.523. The average molecular weight is 330 g/mol. The molecule has 1 aromatic carbocycles. The van der Waals surface area contributed by atoms with Crippen molar-refractivity contribution in [1.29, 1.82) is 0 Å². The van der Waals surface area contributed by atoms with Crippen LogP contribution in [0.15, 0.2) is 12.1 Å². The standard InChI is InChI=1S/C15H17F3N2O3/c1-2-23-15(22)20-7-5-9(6-8-20)19-14(21)10-3-4-11(16)13(18)12(10)17/h3-4,9H,2,5-8H2,1H3,(H,19,21). The summed E-state index contributed by atoms with van der Waals surface area (Å²) in [7, 11) is 0. The summed E-state index contributed by atoms with van der Waals surface area (Å²) in [5.41, 5.74) is -0.545. The van der Waals surface area contributed by atoms with Crippen molar-refractivity contribution in [3.05, 3.63) is 35.1 Å². The van der Waals surface area contributed by atoms with Crippen LogP contribution in [-0.2, 0) is 4.74 Å².